The number of nitrogens with zero attached hydrogens (tertiary/aromatic N) is 5. The molecule has 32 heavy (non-hydrogen) atoms. The number of ether oxygens (including phenoxy) is 2. The molecule has 3 aromatic rings. The highest BCUT2D eigenvalue weighted by Gasteiger charge is 2.25. The molecule has 1 aliphatic carbocycles. The van der Waals surface area contributed by atoms with Crippen LogP contribution in [0.4, 0.5) is 11.6 Å². The highest BCUT2D eigenvalue weighted by atomic mass is 16.5. The topological polar surface area (TPSA) is 106 Å². The lowest BCUT2D eigenvalue weighted by Crippen LogP contribution is -2.44. The number of aliphatic hydroxyl groups is 1. The van der Waals surface area contributed by atoms with Crippen LogP contribution in [-0.2, 0) is 4.74 Å². The van der Waals surface area contributed by atoms with Crippen LogP contribution in [-0.4, -0.2) is 69.6 Å². The van der Waals surface area contributed by atoms with Gasteiger partial charge in [-0.05, 0) is 37.8 Å². The molecule has 0 amide bonds. The van der Waals surface area contributed by atoms with Crippen LogP contribution in [0.1, 0.15) is 25.7 Å². The van der Waals surface area contributed by atoms with Gasteiger partial charge in [-0.15, -0.1) is 0 Å². The molecule has 2 aliphatic rings. The molecule has 2 fully saturated rings. The SMILES string of the molecule is OC[C@@H]1CN(c2cc(O[C@H]3CC[C@@H](Nc4ncccn4)CC3)c3nccnc3c2)CCO1. The van der Waals surface area contributed by atoms with Crippen molar-refractivity contribution < 1.29 is 14.6 Å². The van der Waals surface area contributed by atoms with Gasteiger partial charge >= 0.3 is 0 Å². The van der Waals surface area contributed by atoms with E-state index in [0.717, 1.165) is 54.7 Å². The Kier molecular flexibility index (Phi) is 6.27. The quantitative estimate of drug-likeness (QED) is 0.602. The number of fused-ring (bicyclic) bond motifs is 1. The van der Waals surface area contributed by atoms with Crippen LogP contribution in [0.3, 0.4) is 0 Å². The fourth-order valence-electron chi connectivity index (χ4n) is 4.43. The van der Waals surface area contributed by atoms with Crippen molar-refractivity contribution in [1.82, 2.24) is 19.9 Å². The van der Waals surface area contributed by atoms with Gasteiger partial charge in [-0.3, -0.25) is 4.98 Å². The fraction of sp³-hybridized carbons (Fsp3) is 0.478. The third-order valence-electron chi connectivity index (χ3n) is 6.10. The summed E-state index contributed by atoms with van der Waals surface area (Å²) in [7, 11) is 0. The van der Waals surface area contributed by atoms with Gasteiger partial charge < -0.3 is 24.8 Å². The summed E-state index contributed by atoms with van der Waals surface area (Å²) in [6.45, 7) is 2.00. The zero-order chi connectivity index (χ0) is 21.8. The molecule has 0 radical (unpaired) electrons. The Morgan fingerprint density at radius 2 is 1.84 bits per heavy atom. The number of anilines is 2. The van der Waals surface area contributed by atoms with E-state index in [0.29, 0.717) is 25.1 Å². The minimum atomic E-state index is -0.179. The standard InChI is InChI=1S/C23H28N6O3/c30-15-19-14-29(10-11-31-19)17-12-20-22(25-9-8-24-20)21(13-17)32-18-4-2-16(3-5-18)28-23-26-6-1-7-27-23/h1,6-9,12-13,16,18-19,30H,2-5,10-11,14-15H2,(H,26,27,28)/t16-,18+,19-/m0/s1. The normalized spacial score (nSPS) is 23.8. The van der Waals surface area contributed by atoms with E-state index in [1.165, 1.54) is 0 Å². The second-order valence-electron chi connectivity index (χ2n) is 8.30. The first kappa shape index (κ1) is 20.8. The van der Waals surface area contributed by atoms with Crippen LogP contribution >= 0.6 is 0 Å². The van der Waals surface area contributed by atoms with Crippen molar-refractivity contribution in [2.75, 3.05) is 36.5 Å². The monoisotopic (exact) mass is 436 g/mol. The predicted octanol–water partition coefficient (Wildman–Crippen LogP) is 2.42. The molecule has 0 spiro atoms. The highest BCUT2D eigenvalue weighted by Crippen LogP contribution is 2.33. The summed E-state index contributed by atoms with van der Waals surface area (Å²) < 4.78 is 12.1. The van der Waals surface area contributed by atoms with Crippen LogP contribution in [0.15, 0.2) is 43.0 Å². The van der Waals surface area contributed by atoms with Crippen LogP contribution in [0.2, 0.25) is 0 Å². The maximum Gasteiger partial charge on any atom is 0.222 e. The van der Waals surface area contributed by atoms with Gasteiger partial charge in [0, 0.05) is 55.7 Å². The molecular formula is C23H28N6O3. The van der Waals surface area contributed by atoms with E-state index >= 15 is 0 Å². The number of benzene rings is 1. The molecule has 0 unspecified atom stereocenters. The summed E-state index contributed by atoms with van der Waals surface area (Å²) in [6, 6.07) is 6.26. The molecule has 168 valence electrons. The van der Waals surface area contributed by atoms with Crippen molar-refractivity contribution in [3.63, 3.8) is 0 Å². The van der Waals surface area contributed by atoms with Crippen LogP contribution in [0.25, 0.3) is 11.0 Å². The lowest BCUT2D eigenvalue weighted by Gasteiger charge is -2.34. The third kappa shape index (κ3) is 4.73. The Labute approximate surface area is 186 Å². The van der Waals surface area contributed by atoms with Gasteiger partial charge in [0.1, 0.15) is 11.3 Å². The molecular weight excluding hydrogens is 408 g/mol. The number of rotatable bonds is 6. The van der Waals surface area contributed by atoms with Gasteiger partial charge in [0.05, 0.1) is 30.9 Å². The van der Waals surface area contributed by atoms with E-state index in [-0.39, 0.29) is 18.8 Å². The summed E-state index contributed by atoms with van der Waals surface area (Å²) in [4.78, 5) is 19.8. The van der Waals surface area contributed by atoms with Gasteiger partial charge in [0.2, 0.25) is 5.95 Å². The molecule has 1 aromatic carbocycles. The first-order valence-electron chi connectivity index (χ1n) is 11.2. The number of aliphatic hydroxyl groups excluding tert-OH is 1. The minimum Gasteiger partial charge on any atom is -0.488 e. The molecule has 3 heterocycles. The molecule has 2 N–H and O–H groups in total. The van der Waals surface area contributed by atoms with Gasteiger partial charge in [-0.1, -0.05) is 0 Å². The molecule has 9 heteroatoms. The van der Waals surface area contributed by atoms with Crippen molar-refractivity contribution in [2.24, 2.45) is 0 Å². The van der Waals surface area contributed by atoms with Gasteiger partial charge in [0.25, 0.3) is 0 Å². The van der Waals surface area contributed by atoms with Crippen LogP contribution < -0.4 is 15.0 Å². The van der Waals surface area contributed by atoms with Crippen molar-refractivity contribution in [2.45, 2.75) is 43.9 Å². The Balaban J connectivity index is 1.29. The van der Waals surface area contributed by atoms with Gasteiger partial charge in [-0.2, -0.15) is 0 Å². The van der Waals surface area contributed by atoms with Crippen LogP contribution in [0, 0.1) is 0 Å². The summed E-state index contributed by atoms with van der Waals surface area (Å²) in [5.74, 6) is 1.44. The summed E-state index contributed by atoms with van der Waals surface area (Å²) in [5.41, 5.74) is 2.61. The average Bonchev–Trinajstić information content (AvgIpc) is 2.86. The maximum absolute atomic E-state index is 9.50. The first-order chi connectivity index (χ1) is 15.8. The average molecular weight is 437 g/mol. The minimum absolute atomic E-state index is 0.0124. The number of hydrogen-bond acceptors (Lipinski definition) is 9. The Morgan fingerprint density at radius 3 is 2.66 bits per heavy atom. The predicted molar refractivity (Wildman–Crippen MR) is 121 cm³/mol. The molecule has 1 saturated carbocycles. The molecule has 9 nitrogen and oxygen atoms in total. The number of aromatic nitrogens is 4. The van der Waals surface area contributed by atoms with Gasteiger partial charge in [-0.25, -0.2) is 15.0 Å². The molecule has 1 aliphatic heterocycles. The number of morpholine rings is 1. The zero-order valence-electron chi connectivity index (χ0n) is 17.9. The molecule has 1 atom stereocenters. The Bertz CT molecular complexity index is 1030. The maximum atomic E-state index is 9.50. The number of hydrogen-bond donors (Lipinski definition) is 2. The van der Waals surface area contributed by atoms with Crippen LogP contribution in [0.5, 0.6) is 5.75 Å². The molecule has 5 rings (SSSR count). The lowest BCUT2D eigenvalue weighted by atomic mass is 9.93. The molecule has 0 bridgehead atoms. The smallest absolute Gasteiger partial charge is 0.222 e. The second-order valence-corrected chi connectivity index (χ2v) is 8.30. The summed E-state index contributed by atoms with van der Waals surface area (Å²) in [6.07, 6.45) is 10.7. The van der Waals surface area contributed by atoms with Gasteiger partial charge in [0.15, 0.2) is 0 Å². The second kappa shape index (κ2) is 9.62. The largest absolute Gasteiger partial charge is 0.488 e. The lowest BCUT2D eigenvalue weighted by molar-refractivity contribution is 0.00356. The first-order valence-corrected chi connectivity index (χ1v) is 11.2. The van der Waals surface area contributed by atoms with Crippen molar-refractivity contribution in [3.05, 3.63) is 43.0 Å². The van der Waals surface area contributed by atoms with Crippen molar-refractivity contribution in [3.8, 4) is 5.75 Å². The van der Waals surface area contributed by atoms with E-state index in [9.17, 15) is 5.11 Å². The third-order valence-corrected chi connectivity index (χ3v) is 6.10. The van der Waals surface area contributed by atoms with E-state index in [1.807, 2.05) is 12.1 Å². The Morgan fingerprint density at radius 1 is 1.03 bits per heavy atom. The van der Waals surface area contributed by atoms with E-state index in [1.54, 1.807) is 24.8 Å². The van der Waals surface area contributed by atoms with E-state index in [4.69, 9.17) is 9.47 Å². The Hall–Kier alpha value is -3.04. The van der Waals surface area contributed by atoms with Crippen molar-refractivity contribution >= 4 is 22.7 Å². The summed E-state index contributed by atoms with van der Waals surface area (Å²) in [5, 5.41) is 12.9. The highest BCUT2D eigenvalue weighted by molar-refractivity contribution is 5.85. The van der Waals surface area contributed by atoms with E-state index < -0.39 is 0 Å². The summed E-state index contributed by atoms with van der Waals surface area (Å²) >= 11 is 0. The zero-order valence-corrected chi connectivity index (χ0v) is 17.9. The van der Waals surface area contributed by atoms with E-state index in [2.05, 4.69) is 36.2 Å². The molecule has 1 saturated heterocycles. The molecule has 2 aromatic heterocycles. The van der Waals surface area contributed by atoms with Crippen molar-refractivity contribution in [1.29, 1.82) is 0 Å². The fourth-order valence-corrected chi connectivity index (χ4v) is 4.43. The number of nitrogens with one attached hydrogen (secondary N) is 1.